The maximum atomic E-state index is 13.1. The second-order valence-corrected chi connectivity index (χ2v) is 10.3. The summed E-state index contributed by atoms with van der Waals surface area (Å²) in [5.41, 5.74) is 9.01. The maximum Gasteiger partial charge on any atom is 0.289 e. The van der Waals surface area contributed by atoms with Gasteiger partial charge >= 0.3 is 0 Å². The van der Waals surface area contributed by atoms with Crippen LogP contribution in [0, 0.1) is 0 Å². The van der Waals surface area contributed by atoms with Crippen molar-refractivity contribution in [3.8, 4) is 22.1 Å². The van der Waals surface area contributed by atoms with Crippen molar-refractivity contribution in [1.82, 2.24) is 15.8 Å². The quantitative estimate of drug-likeness (QED) is 0.159. The summed E-state index contributed by atoms with van der Waals surface area (Å²) in [7, 11) is 0. The van der Waals surface area contributed by atoms with Crippen LogP contribution in [0.25, 0.3) is 10.6 Å². The molecule has 0 atom stereocenters. The molecule has 8 nitrogen and oxygen atoms in total. The van der Waals surface area contributed by atoms with Crippen LogP contribution < -0.4 is 20.3 Å². The molecule has 0 unspecified atom stereocenters. The number of hydrogen-bond acceptors (Lipinski definition) is 7. The highest BCUT2D eigenvalue weighted by Crippen LogP contribution is 2.32. The van der Waals surface area contributed by atoms with Crippen LogP contribution in [0.1, 0.15) is 44.5 Å². The molecule has 0 fully saturated rings. The largest absolute Gasteiger partial charge is 0.489 e. The number of carbonyl (C=O) groups is 2. The number of amides is 2. The summed E-state index contributed by atoms with van der Waals surface area (Å²) in [6.07, 6.45) is 0. The predicted molar refractivity (Wildman–Crippen MR) is 166 cm³/mol. The second kappa shape index (κ2) is 14.8. The van der Waals surface area contributed by atoms with Gasteiger partial charge in [0.1, 0.15) is 35.4 Å². The molecule has 1 heterocycles. The Morgan fingerprint density at radius 2 is 1.40 bits per heavy atom. The Morgan fingerprint density at radius 1 is 0.744 bits per heavy atom. The molecule has 1 aromatic heterocycles. The molecule has 218 valence electrons. The Labute approximate surface area is 254 Å². The normalized spacial score (nSPS) is 10.6. The monoisotopic (exact) mass is 593 g/mol. The van der Waals surface area contributed by atoms with Gasteiger partial charge in [-0.1, -0.05) is 72.8 Å². The fourth-order valence-corrected chi connectivity index (χ4v) is 5.03. The molecular weight excluding hydrogens is 562 g/mol. The molecule has 0 bridgehead atoms. The number of rotatable bonds is 12. The lowest BCUT2D eigenvalue weighted by Crippen LogP contribution is -2.42. The van der Waals surface area contributed by atoms with Gasteiger partial charge < -0.3 is 14.2 Å². The molecule has 2 N–H and O–H groups in total. The van der Waals surface area contributed by atoms with Crippen molar-refractivity contribution < 1.29 is 23.8 Å². The minimum atomic E-state index is -0.535. The molecule has 5 aromatic rings. The van der Waals surface area contributed by atoms with E-state index >= 15 is 0 Å². The first kappa shape index (κ1) is 29.5. The number of benzene rings is 4. The maximum absolute atomic E-state index is 13.1. The zero-order valence-corrected chi connectivity index (χ0v) is 24.4. The van der Waals surface area contributed by atoms with Crippen LogP contribution >= 0.6 is 11.3 Å². The topological polar surface area (TPSA) is 98.8 Å². The zero-order valence-electron chi connectivity index (χ0n) is 23.6. The van der Waals surface area contributed by atoms with Crippen molar-refractivity contribution in [1.29, 1.82) is 0 Å². The van der Waals surface area contributed by atoms with E-state index < -0.39 is 11.8 Å². The van der Waals surface area contributed by atoms with Crippen LogP contribution in [0.15, 0.2) is 109 Å². The van der Waals surface area contributed by atoms with Gasteiger partial charge in [0, 0.05) is 17.6 Å². The molecule has 5 rings (SSSR count). The summed E-state index contributed by atoms with van der Waals surface area (Å²) >= 11 is 1.32. The summed E-state index contributed by atoms with van der Waals surface area (Å²) in [6.45, 7) is 3.39. The van der Waals surface area contributed by atoms with E-state index in [1.54, 1.807) is 23.6 Å². The van der Waals surface area contributed by atoms with Crippen LogP contribution in [0.2, 0.25) is 0 Å². The first-order chi connectivity index (χ1) is 21.1. The van der Waals surface area contributed by atoms with E-state index in [2.05, 4.69) is 15.8 Å². The lowest BCUT2D eigenvalue weighted by Gasteiger charge is -2.13. The highest BCUT2D eigenvalue weighted by Gasteiger charge is 2.18. The van der Waals surface area contributed by atoms with E-state index in [9.17, 15) is 9.59 Å². The number of thiazole rings is 1. The van der Waals surface area contributed by atoms with Crippen molar-refractivity contribution >= 4 is 23.2 Å². The fraction of sp³-hybridized carbons (Fsp3) is 0.147. The van der Waals surface area contributed by atoms with Gasteiger partial charge in [0.25, 0.3) is 11.8 Å². The third kappa shape index (κ3) is 8.06. The van der Waals surface area contributed by atoms with Crippen LogP contribution in [0.4, 0.5) is 0 Å². The van der Waals surface area contributed by atoms with Gasteiger partial charge in [-0.25, -0.2) is 4.98 Å². The number of para-hydroxylation sites is 1. The number of ether oxygens (including phenoxy) is 3. The van der Waals surface area contributed by atoms with Crippen LogP contribution in [0.3, 0.4) is 0 Å². The van der Waals surface area contributed by atoms with Gasteiger partial charge in [-0.2, -0.15) is 0 Å². The number of carbonyl (C=O) groups excluding carboxylic acids is 2. The van der Waals surface area contributed by atoms with Crippen LogP contribution in [0.5, 0.6) is 11.5 Å². The van der Waals surface area contributed by atoms with E-state index in [1.807, 2.05) is 91.9 Å². The zero-order chi connectivity index (χ0) is 29.9. The van der Waals surface area contributed by atoms with Gasteiger partial charge in [-0.05, 0) is 53.9 Å². The third-order valence-corrected chi connectivity index (χ3v) is 7.29. The summed E-state index contributed by atoms with van der Waals surface area (Å²) in [4.78, 5) is 30.5. The van der Waals surface area contributed by atoms with Crippen molar-refractivity contribution in [3.05, 3.63) is 136 Å². The molecular formula is C34H31N3O5S. The van der Waals surface area contributed by atoms with Crippen LogP contribution in [-0.4, -0.2) is 23.4 Å². The molecule has 0 aliphatic rings. The first-order valence-electron chi connectivity index (χ1n) is 13.8. The molecule has 0 aliphatic heterocycles. The van der Waals surface area contributed by atoms with E-state index in [-0.39, 0.29) is 12.3 Å². The summed E-state index contributed by atoms with van der Waals surface area (Å²) in [5, 5.41) is 2.27. The number of hydrogen-bond donors (Lipinski definition) is 2. The highest BCUT2D eigenvalue weighted by atomic mass is 32.1. The number of aromatic nitrogens is 1. The first-order valence-corrected chi connectivity index (χ1v) is 14.7. The SMILES string of the molecule is CCOCc1cc(OCc2ccccc2)ccc1C(=O)NNC(=O)c1csc(-c2ccccc2OCc2ccccc2)n1. The second-order valence-electron chi connectivity index (χ2n) is 9.45. The number of nitrogens with one attached hydrogen (secondary N) is 2. The van der Waals surface area contributed by atoms with Gasteiger partial charge in [-0.3, -0.25) is 20.4 Å². The summed E-state index contributed by atoms with van der Waals surface area (Å²) in [6, 6.07) is 32.4. The predicted octanol–water partition coefficient (Wildman–Crippen LogP) is 6.58. The van der Waals surface area contributed by atoms with E-state index in [1.165, 1.54) is 11.3 Å². The Balaban J connectivity index is 1.22. The fourth-order valence-electron chi connectivity index (χ4n) is 4.20. The van der Waals surface area contributed by atoms with Gasteiger partial charge in [0.2, 0.25) is 0 Å². The lowest BCUT2D eigenvalue weighted by molar-refractivity contribution is 0.0840. The van der Waals surface area contributed by atoms with Gasteiger partial charge in [-0.15, -0.1) is 11.3 Å². The smallest absolute Gasteiger partial charge is 0.289 e. The minimum absolute atomic E-state index is 0.178. The molecule has 0 saturated carbocycles. The molecule has 0 saturated heterocycles. The van der Waals surface area contributed by atoms with Crippen molar-refractivity contribution in [2.24, 2.45) is 0 Å². The van der Waals surface area contributed by atoms with E-state index in [0.717, 1.165) is 16.7 Å². The minimum Gasteiger partial charge on any atom is -0.489 e. The molecule has 2 amide bonds. The Bertz CT molecular complexity index is 1660. The summed E-state index contributed by atoms with van der Waals surface area (Å²) < 4.78 is 17.5. The Hall–Kier alpha value is -4.99. The van der Waals surface area contributed by atoms with E-state index in [0.29, 0.717) is 47.5 Å². The summed E-state index contributed by atoms with van der Waals surface area (Å²) in [5.74, 6) is 0.265. The molecule has 0 spiro atoms. The molecule has 0 aliphatic carbocycles. The number of hydrazine groups is 1. The molecule has 4 aromatic carbocycles. The van der Waals surface area contributed by atoms with Gasteiger partial charge in [0.05, 0.1) is 12.2 Å². The van der Waals surface area contributed by atoms with Gasteiger partial charge in [0.15, 0.2) is 0 Å². The Kier molecular flexibility index (Phi) is 10.1. The standard InChI is InChI=1S/C34H31N3O5S/c1-2-40-22-26-19-27(41-20-24-11-5-3-6-12-24)17-18-28(26)32(38)36-37-33(39)30-23-43-34(35-30)29-15-9-10-16-31(29)42-21-25-13-7-4-8-14-25/h3-19,23H,2,20-22H2,1H3,(H,36,38)(H,37,39). The van der Waals surface area contributed by atoms with Crippen molar-refractivity contribution in [3.63, 3.8) is 0 Å². The lowest BCUT2D eigenvalue weighted by atomic mass is 10.1. The van der Waals surface area contributed by atoms with E-state index in [4.69, 9.17) is 14.2 Å². The third-order valence-electron chi connectivity index (χ3n) is 6.41. The molecule has 43 heavy (non-hydrogen) atoms. The van der Waals surface area contributed by atoms with Crippen molar-refractivity contribution in [2.75, 3.05) is 6.61 Å². The average Bonchev–Trinajstić information content (AvgIpc) is 3.56. The highest BCUT2D eigenvalue weighted by molar-refractivity contribution is 7.13. The average molecular weight is 594 g/mol. The van der Waals surface area contributed by atoms with Crippen molar-refractivity contribution in [2.45, 2.75) is 26.7 Å². The number of nitrogens with zero attached hydrogens (tertiary/aromatic N) is 1. The molecule has 0 radical (unpaired) electrons. The van der Waals surface area contributed by atoms with Crippen LogP contribution in [-0.2, 0) is 24.6 Å². The molecule has 9 heteroatoms. The Morgan fingerprint density at radius 3 is 2.12 bits per heavy atom.